The van der Waals surface area contributed by atoms with E-state index in [1.54, 1.807) is 6.92 Å². The molecule has 0 aliphatic rings. The molecule has 6 heteroatoms. The zero-order chi connectivity index (χ0) is 14.6. The minimum Gasteiger partial charge on any atom is -0.313 e. The zero-order valence-electron chi connectivity index (χ0n) is 11.3. The summed E-state index contributed by atoms with van der Waals surface area (Å²) in [6.45, 7) is 7.62. The van der Waals surface area contributed by atoms with Crippen LogP contribution in [0, 0.1) is 15.5 Å². The minimum atomic E-state index is -0.640. The molecule has 1 aromatic carbocycles. The first-order valence-corrected chi connectivity index (χ1v) is 5.72. The summed E-state index contributed by atoms with van der Waals surface area (Å²) in [5.41, 5.74) is 0.639. The monoisotopic (exact) mass is 264 g/mol. The largest absolute Gasteiger partial charge is 0.365 e. The second-order valence-electron chi connectivity index (χ2n) is 5.11. The molecule has 0 amide bonds. The number of oxime groups is 1. The van der Waals surface area contributed by atoms with E-state index in [0.29, 0.717) is 5.71 Å². The third-order valence-electron chi connectivity index (χ3n) is 2.66. The van der Waals surface area contributed by atoms with Gasteiger partial charge in [-0.2, -0.15) is 0 Å². The molecule has 0 saturated heterocycles. The Balaban J connectivity index is 2.77. The third-order valence-corrected chi connectivity index (χ3v) is 2.66. The van der Waals surface area contributed by atoms with Crippen molar-refractivity contribution in [2.24, 2.45) is 10.6 Å². The number of nitro groups is 1. The average molecular weight is 264 g/mol. The van der Waals surface area contributed by atoms with Crippen LogP contribution in [0.5, 0.6) is 0 Å². The number of hydrogen-bond acceptors (Lipinski definition) is 5. The van der Waals surface area contributed by atoms with Gasteiger partial charge >= 0.3 is 5.97 Å². The second-order valence-corrected chi connectivity index (χ2v) is 5.11. The van der Waals surface area contributed by atoms with Crippen molar-refractivity contribution in [3.63, 3.8) is 0 Å². The Labute approximate surface area is 111 Å². The topological polar surface area (TPSA) is 81.8 Å². The molecule has 0 bridgehead atoms. The molecule has 19 heavy (non-hydrogen) atoms. The lowest BCUT2D eigenvalue weighted by Crippen LogP contribution is -2.17. The molecule has 0 N–H and O–H groups in total. The molecule has 0 aliphatic heterocycles. The van der Waals surface area contributed by atoms with Crippen LogP contribution < -0.4 is 0 Å². The molecule has 0 spiro atoms. The Morgan fingerprint density at radius 2 is 1.79 bits per heavy atom. The molecule has 0 heterocycles. The highest BCUT2D eigenvalue weighted by molar-refractivity contribution is 5.91. The predicted octanol–water partition coefficient (Wildman–Crippen LogP) is 3.17. The maximum atomic E-state index is 11.7. The van der Waals surface area contributed by atoms with Crippen LogP contribution in [0.2, 0.25) is 0 Å². The van der Waals surface area contributed by atoms with Gasteiger partial charge in [-0.1, -0.05) is 25.9 Å². The molecule has 0 aromatic heterocycles. The van der Waals surface area contributed by atoms with Crippen molar-refractivity contribution in [2.45, 2.75) is 27.7 Å². The highest BCUT2D eigenvalue weighted by atomic mass is 16.7. The Bertz CT molecular complexity index is 512. The van der Waals surface area contributed by atoms with E-state index in [4.69, 9.17) is 4.84 Å². The van der Waals surface area contributed by atoms with Crippen LogP contribution in [-0.2, 0) is 4.84 Å². The van der Waals surface area contributed by atoms with Gasteiger partial charge in [0.2, 0.25) is 0 Å². The van der Waals surface area contributed by atoms with Crippen molar-refractivity contribution in [3.05, 3.63) is 39.9 Å². The van der Waals surface area contributed by atoms with E-state index in [-0.39, 0.29) is 16.7 Å². The number of benzene rings is 1. The fraction of sp³-hybridized carbons (Fsp3) is 0.385. The van der Waals surface area contributed by atoms with E-state index in [1.807, 2.05) is 20.8 Å². The van der Waals surface area contributed by atoms with E-state index >= 15 is 0 Å². The molecule has 102 valence electrons. The summed E-state index contributed by atoms with van der Waals surface area (Å²) in [6.07, 6.45) is 0. The molecule has 0 atom stereocenters. The van der Waals surface area contributed by atoms with Gasteiger partial charge in [-0.05, 0) is 19.1 Å². The zero-order valence-corrected chi connectivity index (χ0v) is 11.3. The lowest BCUT2D eigenvalue weighted by molar-refractivity contribution is -0.384. The quantitative estimate of drug-likeness (QED) is 0.363. The van der Waals surface area contributed by atoms with Crippen molar-refractivity contribution in [2.75, 3.05) is 0 Å². The minimum absolute atomic E-state index is 0.0778. The van der Waals surface area contributed by atoms with E-state index < -0.39 is 10.9 Å². The Hall–Kier alpha value is -2.24. The molecule has 0 aliphatic carbocycles. The summed E-state index contributed by atoms with van der Waals surface area (Å²) in [5, 5.41) is 14.2. The maximum absolute atomic E-state index is 11.7. The fourth-order valence-corrected chi connectivity index (χ4v) is 1.02. The molecule has 1 rings (SSSR count). The average Bonchev–Trinajstić information content (AvgIpc) is 2.34. The van der Waals surface area contributed by atoms with Crippen molar-refractivity contribution in [3.8, 4) is 0 Å². The van der Waals surface area contributed by atoms with Gasteiger partial charge in [0.25, 0.3) is 5.69 Å². The normalized spacial score (nSPS) is 12.1. The van der Waals surface area contributed by atoms with Crippen LogP contribution in [0.4, 0.5) is 5.69 Å². The summed E-state index contributed by atoms with van der Waals surface area (Å²) in [4.78, 5) is 26.4. The number of non-ortho nitro benzene ring substituents is 1. The van der Waals surface area contributed by atoms with Gasteiger partial charge in [0, 0.05) is 17.5 Å². The van der Waals surface area contributed by atoms with Gasteiger partial charge in [0.05, 0.1) is 16.2 Å². The number of rotatable bonds is 3. The maximum Gasteiger partial charge on any atom is 0.365 e. The van der Waals surface area contributed by atoms with Crippen molar-refractivity contribution < 1.29 is 14.6 Å². The van der Waals surface area contributed by atoms with Crippen LogP contribution in [0.3, 0.4) is 0 Å². The van der Waals surface area contributed by atoms with Crippen molar-refractivity contribution in [1.82, 2.24) is 0 Å². The first kappa shape index (κ1) is 14.8. The number of carbonyl (C=O) groups excluding carboxylic acids is 1. The van der Waals surface area contributed by atoms with E-state index in [0.717, 1.165) is 0 Å². The lowest BCUT2D eigenvalue weighted by atomic mass is 9.91. The summed E-state index contributed by atoms with van der Waals surface area (Å²) >= 11 is 0. The van der Waals surface area contributed by atoms with Crippen LogP contribution >= 0.6 is 0 Å². The van der Waals surface area contributed by atoms with Crippen LogP contribution in [0.1, 0.15) is 38.1 Å². The molecular formula is C13H16N2O4. The number of hydrogen-bond donors (Lipinski definition) is 0. The van der Waals surface area contributed by atoms with Crippen LogP contribution in [-0.4, -0.2) is 16.6 Å². The number of nitrogens with zero attached hydrogens (tertiary/aromatic N) is 2. The summed E-state index contributed by atoms with van der Waals surface area (Å²) in [5.74, 6) is -0.640. The Morgan fingerprint density at radius 1 is 1.26 bits per heavy atom. The third kappa shape index (κ3) is 4.17. The van der Waals surface area contributed by atoms with Gasteiger partial charge < -0.3 is 4.84 Å². The van der Waals surface area contributed by atoms with E-state index in [9.17, 15) is 14.9 Å². The predicted molar refractivity (Wildman–Crippen MR) is 71.1 cm³/mol. The standard InChI is InChI=1S/C13H16N2O4/c1-9(13(2,3)4)14-19-12(16)10-5-7-11(8-6-10)15(17)18/h5-8H,1-4H3. The Morgan fingerprint density at radius 3 is 2.21 bits per heavy atom. The van der Waals surface area contributed by atoms with E-state index in [1.165, 1.54) is 24.3 Å². The van der Waals surface area contributed by atoms with Crippen LogP contribution in [0.25, 0.3) is 0 Å². The molecule has 0 saturated carbocycles. The van der Waals surface area contributed by atoms with Gasteiger partial charge in [-0.15, -0.1) is 0 Å². The molecule has 1 aromatic rings. The Kier molecular flexibility index (Phi) is 4.37. The van der Waals surface area contributed by atoms with Crippen molar-refractivity contribution >= 4 is 17.4 Å². The highest BCUT2D eigenvalue weighted by Crippen LogP contribution is 2.16. The molecule has 0 radical (unpaired) electrons. The molecular weight excluding hydrogens is 248 g/mol. The van der Waals surface area contributed by atoms with Crippen LogP contribution in [0.15, 0.2) is 29.4 Å². The summed E-state index contributed by atoms with van der Waals surface area (Å²) in [7, 11) is 0. The SMILES string of the molecule is CC(=NOC(=O)c1ccc([N+](=O)[O-])cc1)C(C)(C)C. The van der Waals surface area contributed by atoms with E-state index in [2.05, 4.69) is 5.16 Å². The molecule has 0 fully saturated rings. The number of carbonyl (C=O) groups is 1. The first-order valence-electron chi connectivity index (χ1n) is 5.72. The van der Waals surface area contributed by atoms with Crippen molar-refractivity contribution in [1.29, 1.82) is 0 Å². The van der Waals surface area contributed by atoms with Gasteiger partial charge in [-0.25, -0.2) is 4.79 Å². The smallest absolute Gasteiger partial charge is 0.313 e. The second kappa shape index (κ2) is 5.60. The fourth-order valence-electron chi connectivity index (χ4n) is 1.02. The van der Waals surface area contributed by atoms with Gasteiger partial charge in [0.15, 0.2) is 0 Å². The number of nitro benzene ring substituents is 1. The summed E-state index contributed by atoms with van der Waals surface area (Å²) < 4.78 is 0. The highest BCUT2D eigenvalue weighted by Gasteiger charge is 2.16. The molecule has 0 unspecified atom stereocenters. The first-order chi connectivity index (χ1) is 8.71. The molecule has 6 nitrogen and oxygen atoms in total. The summed E-state index contributed by atoms with van der Waals surface area (Å²) in [6, 6.07) is 5.17. The van der Waals surface area contributed by atoms with Gasteiger partial charge in [-0.3, -0.25) is 10.1 Å². The lowest BCUT2D eigenvalue weighted by Gasteiger charge is -2.16. The van der Waals surface area contributed by atoms with Gasteiger partial charge in [0.1, 0.15) is 0 Å².